The standard InChI is InChI=1S/C24H23F6N3O2/c1-16(3-2-4-17-5-8-19(9-6-17)35-13-24(29,30)22(27)28)23(34,12-33-15-31-14-32-33)20-10-7-18(25)11-21(20)26/h2,4-11,14-16,22,34H,3,12-13H2,1H3/b4-2+/t16-,23+/m0/s1. The molecule has 3 rings (SSSR count). The highest BCUT2D eigenvalue weighted by atomic mass is 19.3. The molecule has 1 heterocycles. The van der Waals surface area contributed by atoms with Crippen LogP contribution in [0.3, 0.4) is 0 Å². The molecule has 0 bridgehead atoms. The van der Waals surface area contributed by atoms with Gasteiger partial charge < -0.3 is 9.84 Å². The Morgan fingerprint density at radius 1 is 1.11 bits per heavy atom. The number of allylic oxidation sites excluding steroid dienone is 1. The van der Waals surface area contributed by atoms with E-state index in [1.54, 1.807) is 19.1 Å². The van der Waals surface area contributed by atoms with Crippen molar-refractivity contribution in [2.45, 2.75) is 37.8 Å². The van der Waals surface area contributed by atoms with E-state index in [1.165, 1.54) is 47.7 Å². The summed E-state index contributed by atoms with van der Waals surface area (Å²) in [6.45, 7) is 0.131. The molecule has 11 heteroatoms. The predicted molar refractivity (Wildman–Crippen MR) is 116 cm³/mol. The van der Waals surface area contributed by atoms with Crippen LogP contribution in [0.1, 0.15) is 24.5 Å². The number of halogens is 6. The molecule has 0 amide bonds. The Morgan fingerprint density at radius 3 is 2.43 bits per heavy atom. The lowest BCUT2D eigenvalue weighted by molar-refractivity contribution is -0.148. The lowest BCUT2D eigenvalue weighted by Crippen LogP contribution is -2.39. The Bertz CT molecular complexity index is 1120. The van der Waals surface area contributed by atoms with Crippen LogP contribution in [-0.2, 0) is 12.1 Å². The first-order valence-corrected chi connectivity index (χ1v) is 10.6. The number of benzene rings is 2. The van der Waals surface area contributed by atoms with E-state index in [4.69, 9.17) is 4.74 Å². The molecule has 188 valence electrons. The zero-order chi connectivity index (χ0) is 25.6. The summed E-state index contributed by atoms with van der Waals surface area (Å²) in [6.07, 6.45) is 2.51. The Morgan fingerprint density at radius 2 is 1.83 bits per heavy atom. The molecule has 2 aromatic carbocycles. The first-order valence-electron chi connectivity index (χ1n) is 10.6. The normalized spacial score (nSPS) is 14.9. The maximum absolute atomic E-state index is 14.6. The molecule has 1 aromatic heterocycles. The summed E-state index contributed by atoms with van der Waals surface area (Å²) < 4.78 is 84.5. The van der Waals surface area contributed by atoms with Crippen molar-refractivity contribution in [1.29, 1.82) is 0 Å². The van der Waals surface area contributed by atoms with Crippen LogP contribution in [0, 0.1) is 17.6 Å². The van der Waals surface area contributed by atoms with Crippen molar-refractivity contribution in [3.05, 3.63) is 84.0 Å². The van der Waals surface area contributed by atoms with Crippen LogP contribution in [0.5, 0.6) is 5.75 Å². The third kappa shape index (κ3) is 6.62. The van der Waals surface area contributed by atoms with Crippen LogP contribution in [-0.4, -0.2) is 38.8 Å². The van der Waals surface area contributed by atoms with Gasteiger partial charge in [-0.2, -0.15) is 13.9 Å². The second-order valence-electron chi connectivity index (χ2n) is 8.10. The van der Waals surface area contributed by atoms with Gasteiger partial charge in [0.25, 0.3) is 0 Å². The highest BCUT2D eigenvalue weighted by Gasteiger charge is 2.41. The maximum Gasteiger partial charge on any atom is 0.340 e. The molecule has 0 aliphatic carbocycles. The van der Waals surface area contributed by atoms with Gasteiger partial charge in [0.05, 0.1) is 6.54 Å². The minimum atomic E-state index is -4.25. The van der Waals surface area contributed by atoms with E-state index in [-0.39, 0.29) is 24.3 Å². The van der Waals surface area contributed by atoms with Crippen LogP contribution in [0.15, 0.2) is 61.2 Å². The first-order chi connectivity index (χ1) is 16.5. The topological polar surface area (TPSA) is 60.2 Å². The second-order valence-corrected chi connectivity index (χ2v) is 8.10. The van der Waals surface area contributed by atoms with Crippen LogP contribution in [0.2, 0.25) is 0 Å². The minimum absolute atomic E-state index is 0.00448. The molecule has 0 saturated heterocycles. The Hall–Kier alpha value is -3.34. The summed E-state index contributed by atoms with van der Waals surface area (Å²) in [5, 5.41) is 15.4. The van der Waals surface area contributed by atoms with E-state index in [0.717, 1.165) is 6.07 Å². The van der Waals surface area contributed by atoms with Crippen molar-refractivity contribution in [2.75, 3.05) is 6.61 Å². The predicted octanol–water partition coefficient (Wildman–Crippen LogP) is 5.46. The maximum atomic E-state index is 14.6. The highest BCUT2D eigenvalue weighted by Crippen LogP contribution is 2.36. The van der Waals surface area contributed by atoms with Crippen molar-refractivity contribution < 1.29 is 36.2 Å². The molecule has 3 aromatic rings. The van der Waals surface area contributed by atoms with Crippen molar-refractivity contribution in [3.63, 3.8) is 0 Å². The van der Waals surface area contributed by atoms with Crippen molar-refractivity contribution in [3.8, 4) is 5.75 Å². The van der Waals surface area contributed by atoms with Gasteiger partial charge in [-0.3, -0.25) is 0 Å². The van der Waals surface area contributed by atoms with Gasteiger partial charge in [-0.1, -0.05) is 37.3 Å². The van der Waals surface area contributed by atoms with Gasteiger partial charge in [0, 0.05) is 11.6 Å². The molecule has 0 spiro atoms. The second kappa shape index (κ2) is 10.9. The largest absolute Gasteiger partial charge is 0.487 e. The molecule has 0 fully saturated rings. The fraction of sp³-hybridized carbons (Fsp3) is 0.333. The number of nitrogens with zero attached hydrogens (tertiary/aromatic N) is 3. The lowest BCUT2D eigenvalue weighted by Gasteiger charge is -2.34. The minimum Gasteiger partial charge on any atom is -0.487 e. The van der Waals surface area contributed by atoms with E-state index < -0.39 is 42.1 Å². The fourth-order valence-corrected chi connectivity index (χ4v) is 3.43. The monoisotopic (exact) mass is 499 g/mol. The summed E-state index contributed by atoms with van der Waals surface area (Å²) in [4.78, 5) is 3.82. The molecule has 0 aliphatic heterocycles. The van der Waals surface area contributed by atoms with E-state index in [0.29, 0.717) is 11.6 Å². The first kappa shape index (κ1) is 26.3. The van der Waals surface area contributed by atoms with Gasteiger partial charge in [-0.25, -0.2) is 27.2 Å². The number of alkyl halides is 4. The average molecular weight is 499 g/mol. The number of rotatable bonds is 11. The van der Waals surface area contributed by atoms with Gasteiger partial charge in [-0.05, 0) is 36.1 Å². The van der Waals surface area contributed by atoms with E-state index in [9.17, 15) is 31.4 Å². The van der Waals surface area contributed by atoms with Crippen LogP contribution >= 0.6 is 0 Å². The third-order valence-electron chi connectivity index (χ3n) is 5.51. The third-order valence-corrected chi connectivity index (χ3v) is 5.51. The summed E-state index contributed by atoms with van der Waals surface area (Å²) >= 11 is 0. The molecule has 1 N–H and O–H groups in total. The summed E-state index contributed by atoms with van der Waals surface area (Å²) in [6, 6.07) is 8.76. The zero-order valence-corrected chi connectivity index (χ0v) is 18.6. The summed E-state index contributed by atoms with van der Waals surface area (Å²) in [7, 11) is 0. The lowest BCUT2D eigenvalue weighted by atomic mass is 9.80. The van der Waals surface area contributed by atoms with E-state index in [2.05, 4.69) is 10.1 Å². The van der Waals surface area contributed by atoms with Gasteiger partial charge in [0.2, 0.25) is 0 Å². The quantitative estimate of drug-likeness (QED) is 0.356. The van der Waals surface area contributed by atoms with Gasteiger partial charge >= 0.3 is 12.3 Å². The summed E-state index contributed by atoms with van der Waals surface area (Å²) in [5.74, 6) is -6.46. The van der Waals surface area contributed by atoms with Crippen LogP contribution in [0.4, 0.5) is 26.3 Å². The van der Waals surface area contributed by atoms with E-state index >= 15 is 0 Å². The van der Waals surface area contributed by atoms with E-state index in [1.807, 2.05) is 0 Å². The number of hydrogen-bond donors (Lipinski definition) is 1. The summed E-state index contributed by atoms with van der Waals surface area (Å²) in [5.41, 5.74) is -1.18. The van der Waals surface area contributed by atoms with Crippen molar-refractivity contribution >= 4 is 6.08 Å². The average Bonchev–Trinajstić information content (AvgIpc) is 3.31. The molecule has 2 atom stereocenters. The molecule has 0 aliphatic rings. The Kier molecular flexibility index (Phi) is 8.21. The molecule has 0 radical (unpaired) electrons. The molecular formula is C24H23F6N3O2. The highest BCUT2D eigenvalue weighted by molar-refractivity contribution is 5.50. The Balaban J connectivity index is 1.70. The smallest absolute Gasteiger partial charge is 0.340 e. The van der Waals surface area contributed by atoms with Gasteiger partial charge in [0.1, 0.15) is 35.6 Å². The zero-order valence-electron chi connectivity index (χ0n) is 18.6. The Labute approximate surface area is 197 Å². The van der Waals surface area contributed by atoms with Crippen LogP contribution < -0.4 is 4.74 Å². The molecular weight excluding hydrogens is 476 g/mol. The fourth-order valence-electron chi connectivity index (χ4n) is 3.43. The number of ether oxygens (including phenoxy) is 1. The number of hydrogen-bond acceptors (Lipinski definition) is 4. The van der Waals surface area contributed by atoms with Crippen molar-refractivity contribution in [2.24, 2.45) is 5.92 Å². The number of aliphatic hydroxyl groups is 1. The SMILES string of the molecule is C[C@@H](C/C=C/c1ccc(OCC(F)(F)C(F)F)cc1)[C@](O)(Cn1cncn1)c1ccc(F)cc1F. The molecule has 35 heavy (non-hydrogen) atoms. The number of aromatic nitrogens is 3. The van der Waals surface area contributed by atoms with Crippen molar-refractivity contribution in [1.82, 2.24) is 14.8 Å². The van der Waals surface area contributed by atoms with Gasteiger partial charge in [0.15, 0.2) is 6.61 Å². The molecule has 0 unspecified atom stereocenters. The van der Waals surface area contributed by atoms with Crippen LogP contribution in [0.25, 0.3) is 6.08 Å². The molecule has 5 nitrogen and oxygen atoms in total. The van der Waals surface area contributed by atoms with Gasteiger partial charge in [-0.15, -0.1) is 0 Å². The molecule has 0 saturated carbocycles.